The van der Waals surface area contributed by atoms with E-state index < -0.39 is 17.7 Å². The molecule has 2 aromatic rings. The van der Waals surface area contributed by atoms with Crippen molar-refractivity contribution >= 4 is 17.4 Å². The summed E-state index contributed by atoms with van der Waals surface area (Å²) in [5, 5.41) is 11.0. The van der Waals surface area contributed by atoms with Gasteiger partial charge >= 0.3 is 0 Å². The average Bonchev–Trinajstić information content (AvgIpc) is 3.44. The van der Waals surface area contributed by atoms with Gasteiger partial charge in [-0.25, -0.2) is 0 Å². The Hall–Kier alpha value is -3.10. The summed E-state index contributed by atoms with van der Waals surface area (Å²) in [6, 6.07) is 9.48. The number of rotatable bonds is 8. The summed E-state index contributed by atoms with van der Waals surface area (Å²) in [5.41, 5.74) is 0.478. The highest BCUT2D eigenvalue weighted by atomic mass is 16.5. The third-order valence-corrected chi connectivity index (χ3v) is 5.71. The van der Waals surface area contributed by atoms with E-state index in [-0.39, 0.29) is 11.3 Å². The zero-order valence-corrected chi connectivity index (χ0v) is 18.2. The zero-order chi connectivity index (χ0) is 22.5. The molecule has 2 aliphatic rings. The molecule has 4 rings (SSSR count). The minimum absolute atomic E-state index is 0.0363. The van der Waals surface area contributed by atoms with Crippen LogP contribution in [0.5, 0.6) is 5.75 Å². The lowest BCUT2D eigenvalue weighted by molar-refractivity contribution is -0.140. The van der Waals surface area contributed by atoms with Crippen molar-refractivity contribution in [3.8, 4) is 5.75 Å². The Labute approximate surface area is 187 Å². The number of furan rings is 1. The molecular weight excluding hydrogens is 412 g/mol. The van der Waals surface area contributed by atoms with Crippen LogP contribution in [0.4, 0.5) is 0 Å². The summed E-state index contributed by atoms with van der Waals surface area (Å²) in [6.07, 6.45) is 2.38. The van der Waals surface area contributed by atoms with Gasteiger partial charge in [0, 0.05) is 31.7 Å². The molecule has 1 unspecified atom stereocenters. The highest BCUT2D eigenvalue weighted by Crippen LogP contribution is 2.39. The second kappa shape index (κ2) is 10.0. The fraction of sp³-hybridized carbons (Fsp3) is 0.417. The Morgan fingerprint density at radius 3 is 2.53 bits per heavy atom. The number of hydrogen-bond acceptors (Lipinski definition) is 7. The number of aliphatic hydroxyl groups excluding tert-OH is 1. The largest absolute Gasteiger partial charge is 0.507 e. The molecule has 1 amide bonds. The Balaban J connectivity index is 1.63. The number of aliphatic hydroxyl groups is 1. The van der Waals surface area contributed by atoms with Crippen molar-refractivity contribution < 1.29 is 28.6 Å². The Morgan fingerprint density at radius 2 is 1.88 bits per heavy atom. The molecule has 0 saturated carbocycles. The molecule has 170 valence electrons. The van der Waals surface area contributed by atoms with Crippen molar-refractivity contribution in [1.29, 1.82) is 0 Å². The van der Waals surface area contributed by atoms with Crippen LogP contribution in [0.1, 0.15) is 30.7 Å². The maximum absolute atomic E-state index is 13.0. The molecule has 0 radical (unpaired) electrons. The van der Waals surface area contributed by atoms with Crippen molar-refractivity contribution in [2.45, 2.75) is 19.4 Å². The number of carbonyl (C=O) groups excluding carboxylic acids is 2. The van der Waals surface area contributed by atoms with Crippen LogP contribution in [0.2, 0.25) is 0 Å². The lowest BCUT2D eigenvalue weighted by Crippen LogP contribution is -2.42. The van der Waals surface area contributed by atoms with Gasteiger partial charge in [0.2, 0.25) is 0 Å². The van der Waals surface area contributed by atoms with E-state index in [1.165, 1.54) is 11.2 Å². The SMILES string of the molecule is CCCOc1ccc(/C(O)=C2/C(=O)C(=O)N(CCN3CCOCC3)C2c2ccco2)cc1. The number of carbonyl (C=O) groups is 2. The summed E-state index contributed by atoms with van der Waals surface area (Å²) in [6.45, 7) is 6.43. The lowest BCUT2D eigenvalue weighted by Gasteiger charge is -2.30. The lowest BCUT2D eigenvalue weighted by atomic mass is 9.99. The van der Waals surface area contributed by atoms with E-state index in [1.54, 1.807) is 36.4 Å². The van der Waals surface area contributed by atoms with E-state index in [2.05, 4.69) is 4.90 Å². The monoisotopic (exact) mass is 440 g/mol. The second-order valence-corrected chi connectivity index (χ2v) is 7.83. The number of hydrogen-bond donors (Lipinski definition) is 1. The van der Waals surface area contributed by atoms with Crippen LogP contribution in [-0.2, 0) is 14.3 Å². The molecule has 8 nitrogen and oxygen atoms in total. The van der Waals surface area contributed by atoms with Crippen LogP contribution in [0.15, 0.2) is 52.7 Å². The van der Waals surface area contributed by atoms with Gasteiger partial charge < -0.3 is 23.9 Å². The van der Waals surface area contributed by atoms with Crippen molar-refractivity contribution in [2.24, 2.45) is 0 Å². The molecule has 1 aromatic carbocycles. The topological polar surface area (TPSA) is 92.5 Å². The zero-order valence-electron chi connectivity index (χ0n) is 18.2. The molecule has 1 aromatic heterocycles. The molecule has 1 N–H and O–H groups in total. The van der Waals surface area contributed by atoms with Crippen LogP contribution in [0.3, 0.4) is 0 Å². The number of nitrogens with zero attached hydrogens (tertiary/aromatic N) is 2. The minimum atomic E-state index is -0.776. The van der Waals surface area contributed by atoms with Crippen LogP contribution in [0, 0.1) is 0 Å². The van der Waals surface area contributed by atoms with Gasteiger partial charge in [0.1, 0.15) is 23.3 Å². The van der Waals surface area contributed by atoms with E-state index in [4.69, 9.17) is 13.9 Å². The van der Waals surface area contributed by atoms with Crippen molar-refractivity contribution in [2.75, 3.05) is 46.0 Å². The Morgan fingerprint density at radius 1 is 1.12 bits per heavy atom. The van der Waals surface area contributed by atoms with E-state index in [0.29, 0.717) is 50.0 Å². The van der Waals surface area contributed by atoms with Gasteiger partial charge in [-0.05, 0) is 42.8 Å². The molecule has 3 heterocycles. The third kappa shape index (κ3) is 4.56. The first-order valence-electron chi connectivity index (χ1n) is 10.9. The summed E-state index contributed by atoms with van der Waals surface area (Å²) in [4.78, 5) is 29.6. The fourth-order valence-electron chi connectivity index (χ4n) is 4.01. The molecule has 8 heteroatoms. The average molecular weight is 440 g/mol. The molecule has 0 spiro atoms. The second-order valence-electron chi connectivity index (χ2n) is 7.83. The highest BCUT2D eigenvalue weighted by Gasteiger charge is 2.47. The summed E-state index contributed by atoms with van der Waals surface area (Å²) in [7, 11) is 0. The molecule has 2 saturated heterocycles. The normalized spacial score (nSPS) is 21.3. The van der Waals surface area contributed by atoms with E-state index >= 15 is 0 Å². The smallest absolute Gasteiger partial charge is 0.295 e. The van der Waals surface area contributed by atoms with Crippen molar-refractivity contribution in [3.63, 3.8) is 0 Å². The van der Waals surface area contributed by atoms with Gasteiger partial charge in [-0.3, -0.25) is 14.5 Å². The van der Waals surface area contributed by atoms with Crippen LogP contribution < -0.4 is 4.74 Å². The van der Waals surface area contributed by atoms with Gasteiger partial charge in [0.05, 0.1) is 31.7 Å². The highest BCUT2D eigenvalue weighted by molar-refractivity contribution is 6.46. The summed E-state index contributed by atoms with van der Waals surface area (Å²) >= 11 is 0. The standard InChI is InChI=1S/C24H28N2O6/c1-2-13-31-18-7-5-17(6-8-18)22(27)20-21(19-4-3-14-32-19)26(24(29)23(20)28)10-9-25-11-15-30-16-12-25/h3-8,14,21,27H,2,9-13,15-16H2,1H3/b22-20-. The molecule has 0 bridgehead atoms. The quantitative estimate of drug-likeness (QED) is 0.383. The summed E-state index contributed by atoms with van der Waals surface area (Å²) < 4.78 is 16.5. The molecule has 1 atom stereocenters. The Bertz CT molecular complexity index is 961. The van der Waals surface area contributed by atoms with Crippen LogP contribution in [0.25, 0.3) is 5.76 Å². The number of morpholine rings is 1. The van der Waals surface area contributed by atoms with Gasteiger partial charge in [-0.15, -0.1) is 0 Å². The van der Waals surface area contributed by atoms with Crippen molar-refractivity contribution in [1.82, 2.24) is 9.80 Å². The minimum Gasteiger partial charge on any atom is -0.507 e. The number of ketones is 1. The van der Waals surface area contributed by atoms with Crippen molar-refractivity contribution in [3.05, 3.63) is 59.6 Å². The Kier molecular flexibility index (Phi) is 6.92. The predicted octanol–water partition coefficient (Wildman–Crippen LogP) is 2.82. The molecule has 2 fully saturated rings. The number of ether oxygens (including phenoxy) is 2. The maximum atomic E-state index is 13.0. The number of Topliss-reactive ketones (excluding diaryl/α,β-unsaturated/α-hetero) is 1. The van der Waals surface area contributed by atoms with Crippen LogP contribution in [-0.4, -0.2) is 72.6 Å². The van der Waals surface area contributed by atoms with Gasteiger partial charge in [0.25, 0.3) is 11.7 Å². The molecule has 32 heavy (non-hydrogen) atoms. The van der Waals surface area contributed by atoms with E-state index in [9.17, 15) is 14.7 Å². The van der Waals surface area contributed by atoms with Crippen LogP contribution >= 0.6 is 0 Å². The third-order valence-electron chi connectivity index (χ3n) is 5.71. The number of benzene rings is 1. The first-order chi connectivity index (χ1) is 15.6. The first kappa shape index (κ1) is 22.1. The van der Waals surface area contributed by atoms with Gasteiger partial charge in [-0.2, -0.15) is 0 Å². The fourth-order valence-corrected chi connectivity index (χ4v) is 4.01. The van der Waals surface area contributed by atoms with Gasteiger partial charge in [-0.1, -0.05) is 6.92 Å². The molecular formula is C24H28N2O6. The number of likely N-dealkylation sites (tertiary alicyclic amines) is 1. The summed E-state index contributed by atoms with van der Waals surface area (Å²) in [5.74, 6) is -0.450. The predicted molar refractivity (Wildman–Crippen MR) is 117 cm³/mol. The first-order valence-corrected chi connectivity index (χ1v) is 10.9. The molecule has 0 aliphatic carbocycles. The molecule has 2 aliphatic heterocycles. The van der Waals surface area contributed by atoms with Gasteiger partial charge in [0.15, 0.2) is 0 Å². The maximum Gasteiger partial charge on any atom is 0.295 e. The number of amides is 1. The van der Waals surface area contributed by atoms with E-state index in [1.807, 2.05) is 6.92 Å². The van der Waals surface area contributed by atoms with E-state index in [0.717, 1.165) is 19.5 Å².